The van der Waals surface area contributed by atoms with E-state index in [0.29, 0.717) is 0 Å². The van der Waals surface area contributed by atoms with E-state index in [0.717, 1.165) is 11.1 Å². The van der Waals surface area contributed by atoms with E-state index in [-0.39, 0.29) is 11.9 Å². The summed E-state index contributed by atoms with van der Waals surface area (Å²) in [6.45, 7) is 0. The summed E-state index contributed by atoms with van der Waals surface area (Å²) in [7, 11) is 2.67. The van der Waals surface area contributed by atoms with Crippen molar-refractivity contribution in [2.45, 2.75) is 0 Å². The third-order valence-corrected chi connectivity index (χ3v) is 4.31. The molecule has 21 heavy (non-hydrogen) atoms. The van der Waals surface area contributed by atoms with E-state index >= 15 is 0 Å². The van der Waals surface area contributed by atoms with Gasteiger partial charge < -0.3 is 9.47 Å². The predicted molar refractivity (Wildman–Crippen MR) is 78.0 cm³/mol. The summed E-state index contributed by atoms with van der Waals surface area (Å²) in [5.41, 5.74) is 1.48. The topological polar surface area (TPSA) is 52.6 Å². The van der Waals surface area contributed by atoms with Crippen molar-refractivity contribution in [3.05, 3.63) is 47.5 Å². The number of hydrogen-bond donors (Lipinski definition) is 0. The molecule has 1 aromatic rings. The maximum absolute atomic E-state index is 12.0. The molecule has 1 saturated carbocycles. The first-order valence-corrected chi connectivity index (χ1v) is 6.77. The molecule has 0 radical (unpaired) electrons. The van der Waals surface area contributed by atoms with Gasteiger partial charge >= 0.3 is 11.9 Å². The minimum Gasteiger partial charge on any atom is -0.469 e. The van der Waals surface area contributed by atoms with Gasteiger partial charge in [0.25, 0.3) is 0 Å². The van der Waals surface area contributed by atoms with Crippen molar-refractivity contribution >= 4 is 24.1 Å². The summed E-state index contributed by atoms with van der Waals surface area (Å²) in [5.74, 6) is -1.80. The zero-order valence-corrected chi connectivity index (χ0v) is 11.9. The summed E-state index contributed by atoms with van der Waals surface area (Å²) in [6.07, 6.45) is 7.74. The van der Waals surface area contributed by atoms with Crippen molar-refractivity contribution in [2.24, 2.45) is 17.3 Å². The molecule has 0 heterocycles. The van der Waals surface area contributed by atoms with Crippen LogP contribution in [0.3, 0.4) is 0 Å². The van der Waals surface area contributed by atoms with Crippen LogP contribution in [0.25, 0.3) is 12.2 Å². The van der Waals surface area contributed by atoms with Crippen molar-refractivity contribution < 1.29 is 19.1 Å². The molecule has 0 bridgehead atoms. The quantitative estimate of drug-likeness (QED) is 0.782. The SMILES string of the molecule is COC(=O)C1[C@@H](C(=O)OC)C12C=Cc1ccccc1C=C2. The number of carbonyl (C=O) groups excluding carboxylic acids is 2. The zero-order chi connectivity index (χ0) is 15.0. The lowest BCUT2D eigenvalue weighted by Gasteiger charge is -2.05. The van der Waals surface area contributed by atoms with E-state index in [9.17, 15) is 9.59 Å². The van der Waals surface area contributed by atoms with Crippen LogP contribution in [0.4, 0.5) is 0 Å². The molecular formula is C17H16O4. The second kappa shape index (κ2) is 4.88. The highest BCUT2D eigenvalue weighted by atomic mass is 16.5. The Hall–Kier alpha value is -2.36. The normalized spacial score (nSPS) is 24.1. The minimum absolute atomic E-state index is 0.384. The lowest BCUT2D eigenvalue weighted by molar-refractivity contribution is -0.148. The molecule has 2 aliphatic carbocycles. The van der Waals surface area contributed by atoms with Gasteiger partial charge in [-0.15, -0.1) is 0 Å². The molecule has 1 spiro atoms. The summed E-state index contributed by atoms with van der Waals surface area (Å²) in [6, 6.07) is 7.91. The van der Waals surface area contributed by atoms with Crippen LogP contribution in [-0.4, -0.2) is 26.2 Å². The van der Waals surface area contributed by atoms with Gasteiger partial charge in [-0.25, -0.2) is 0 Å². The number of carbonyl (C=O) groups is 2. The molecule has 4 heteroatoms. The third kappa shape index (κ3) is 1.98. The molecule has 0 aromatic heterocycles. The van der Waals surface area contributed by atoms with Crippen LogP contribution in [0, 0.1) is 17.3 Å². The molecule has 4 nitrogen and oxygen atoms in total. The molecule has 0 saturated heterocycles. The van der Waals surface area contributed by atoms with E-state index in [1.165, 1.54) is 14.2 Å². The first-order valence-electron chi connectivity index (χ1n) is 6.77. The molecule has 2 atom stereocenters. The highest BCUT2D eigenvalue weighted by molar-refractivity contribution is 5.93. The Morgan fingerprint density at radius 3 is 1.71 bits per heavy atom. The molecule has 0 N–H and O–H groups in total. The van der Waals surface area contributed by atoms with E-state index in [1.54, 1.807) is 0 Å². The molecule has 1 unspecified atom stereocenters. The van der Waals surface area contributed by atoms with Crippen molar-refractivity contribution in [1.82, 2.24) is 0 Å². The van der Waals surface area contributed by atoms with Gasteiger partial charge in [0.05, 0.1) is 26.1 Å². The standard InChI is InChI=1S/C17H16O4/c1-20-15(18)13-14(16(19)21-2)17(13)9-7-11-5-3-4-6-12(11)8-10-17/h3-10,13-14H,1-2H3/t13-,14?/m0/s1. The Balaban J connectivity index is 2.02. The molecule has 2 aliphatic rings. The number of fused-ring (bicyclic) bond motifs is 1. The van der Waals surface area contributed by atoms with Crippen LogP contribution in [0.2, 0.25) is 0 Å². The fraction of sp³-hybridized carbons (Fsp3) is 0.294. The first kappa shape index (κ1) is 13.6. The van der Waals surface area contributed by atoms with E-state index < -0.39 is 17.3 Å². The van der Waals surface area contributed by atoms with Crippen LogP contribution in [0.1, 0.15) is 11.1 Å². The number of benzene rings is 1. The lowest BCUT2D eigenvalue weighted by Crippen LogP contribution is -2.10. The smallest absolute Gasteiger partial charge is 0.310 e. The molecular weight excluding hydrogens is 268 g/mol. The number of allylic oxidation sites excluding steroid dienone is 2. The van der Waals surface area contributed by atoms with Crippen molar-refractivity contribution in [3.8, 4) is 0 Å². The molecule has 1 aromatic carbocycles. The van der Waals surface area contributed by atoms with E-state index in [4.69, 9.17) is 9.47 Å². The van der Waals surface area contributed by atoms with Crippen LogP contribution in [0.5, 0.6) is 0 Å². The van der Waals surface area contributed by atoms with Gasteiger partial charge in [0.1, 0.15) is 0 Å². The summed E-state index contributed by atoms with van der Waals surface area (Å²) in [5, 5.41) is 0. The zero-order valence-electron chi connectivity index (χ0n) is 11.9. The van der Waals surface area contributed by atoms with Crippen LogP contribution >= 0.6 is 0 Å². The molecule has 0 aliphatic heterocycles. The minimum atomic E-state index is -0.640. The molecule has 0 amide bonds. The van der Waals surface area contributed by atoms with Crippen LogP contribution < -0.4 is 0 Å². The van der Waals surface area contributed by atoms with Gasteiger partial charge in [-0.1, -0.05) is 48.6 Å². The van der Waals surface area contributed by atoms with Gasteiger partial charge in [-0.05, 0) is 11.1 Å². The average molecular weight is 284 g/mol. The van der Waals surface area contributed by atoms with Gasteiger partial charge in [-0.3, -0.25) is 9.59 Å². The fourth-order valence-corrected chi connectivity index (χ4v) is 3.11. The molecule has 1 fully saturated rings. The second-order valence-corrected chi connectivity index (χ2v) is 5.30. The first-order chi connectivity index (χ1) is 10.1. The third-order valence-electron chi connectivity index (χ3n) is 4.31. The van der Waals surface area contributed by atoms with Crippen molar-refractivity contribution in [1.29, 1.82) is 0 Å². The van der Waals surface area contributed by atoms with Crippen molar-refractivity contribution in [2.75, 3.05) is 14.2 Å². The van der Waals surface area contributed by atoms with Gasteiger partial charge in [0.2, 0.25) is 0 Å². The number of methoxy groups -OCH3 is 2. The Morgan fingerprint density at radius 1 is 0.905 bits per heavy atom. The lowest BCUT2D eigenvalue weighted by atomic mass is 10.0. The monoisotopic (exact) mass is 284 g/mol. The Labute approximate surface area is 123 Å². The maximum atomic E-state index is 12.0. The highest BCUT2D eigenvalue weighted by Gasteiger charge is 2.70. The van der Waals surface area contributed by atoms with Gasteiger partial charge in [0, 0.05) is 5.41 Å². The van der Waals surface area contributed by atoms with Crippen molar-refractivity contribution in [3.63, 3.8) is 0 Å². The van der Waals surface area contributed by atoms with Gasteiger partial charge in [-0.2, -0.15) is 0 Å². The average Bonchev–Trinajstić information content (AvgIpc) is 3.23. The maximum Gasteiger partial charge on any atom is 0.310 e. The van der Waals surface area contributed by atoms with Crippen LogP contribution in [-0.2, 0) is 19.1 Å². The number of esters is 2. The van der Waals surface area contributed by atoms with E-state index in [1.807, 2.05) is 48.6 Å². The van der Waals surface area contributed by atoms with E-state index in [2.05, 4.69) is 0 Å². The largest absolute Gasteiger partial charge is 0.469 e. The second-order valence-electron chi connectivity index (χ2n) is 5.30. The molecule has 3 rings (SSSR count). The summed E-state index contributed by atoms with van der Waals surface area (Å²) in [4.78, 5) is 23.9. The van der Waals surface area contributed by atoms with Gasteiger partial charge in [0.15, 0.2) is 0 Å². The highest BCUT2D eigenvalue weighted by Crippen LogP contribution is 2.63. The number of ether oxygens (including phenoxy) is 2. The van der Waals surface area contributed by atoms with Crippen LogP contribution in [0.15, 0.2) is 36.4 Å². The summed E-state index contributed by atoms with van der Waals surface area (Å²) >= 11 is 0. The number of rotatable bonds is 2. The fourth-order valence-electron chi connectivity index (χ4n) is 3.11. The Kier molecular flexibility index (Phi) is 3.16. The Bertz CT molecular complexity index is 600. The Morgan fingerprint density at radius 2 is 1.33 bits per heavy atom. The predicted octanol–water partition coefficient (Wildman–Crippen LogP) is 2.31. The summed E-state index contributed by atoms with van der Waals surface area (Å²) < 4.78 is 9.66. The molecule has 108 valence electrons. The number of hydrogen-bond acceptors (Lipinski definition) is 4.